The zero-order chi connectivity index (χ0) is 23.8. The van der Waals surface area contributed by atoms with E-state index in [0.717, 1.165) is 24.0 Å². The van der Waals surface area contributed by atoms with Crippen molar-refractivity contribution >= 4 is 28.9 Å². The van der Waals surface area contributed by atoms with Crippen molar-refractivity contribution in [1.82, 2.24) is 15.4 Å². The Balaban J connectivity index is 1.82. The Morgan fingerprint density at radius 2 is 2.06 bits per heavy atom. The van der Waals surface area contributed by atoms with Crippen LogP contribution in [0.15, 0.2) is 28.8 Å². The van der Waals surface area contributed by atoms with Crippen LogP contribution < -0.4 is 5.32 Å². The lowest BCUT2D eigenvalue weighted by Gasteiger charge is -2.48. The summed E-state index contributed by atoms with van der Waals surface area (Å²) in [6, 6.07) is 2.46. The highest BCUT2D eigenvalue weighted by atomic mass is 32.2. The van der Waals surface area contributed by atoms with Crippen LogP contribution in [0.5, 0.6) is 11.5 Å². The first-order valence-electron chi connectivity index (χ1n) is 9.36. The molecule has 2 amide bonds. The molecular formula is C19H20N3O9S-. The molecule has 1 saturated heterocycles. The van der Waals surface area contributed by atoms with Gasteiger partial charge in [-0.25, -0.2) is 4.79 Å². The Labute approximate surface area is 184 Å². The number of aromatic hydroxyl groups is 2. The lowest BCUT2D eigenvalue weighted by Crippen LogP contribution is -2.65. The first-order chi connectivity index (χ1) is 15.0. The average molecular weight is 466 g/mol. The normalized spacial score (nSPS) is 19.5. The number of carboxylic acids is 1. The molecule has 0 saturated carbocycles. The predicted molar refractivity (Wildman–Crippen MR) is 106 cm³/mol. The van der Waals surface area contributed by atoms with Gasteiger partial charge >= 0.3 is 5.97 Å². The van der Waals surface area contributed by atoms with Gasteiger partial charge in [0.2, 0.25) is 5.91 Å². The van der Waals surface area contributed by atoms with E-state index in [1.165, 1.54) is 12.1 Å². The molecule has 0 spiro atoms. The summed E-state index contributed by atoms with van der Waals surface area (Å²) in [4.78, 5) is 37.1. The van der Waals surface area contributed by atoms with Crippen molar-refractivity contribution < 1.29 is 43.0 Å². The molecule has 1 aromatic carbocycles. The summed E-state index contributed by atoms with van der Waals surface area (Å²) in [7, 11) is 0. The van der Waals surface area contributed by atoms with Crippen molar-refractivity contribution in [3.05, 3.63) is 41.3 Å². The van der Waals surface area contributed by atoms with Crippen LogP contribution in [-0.4, -0.2) is 64.0 Å². The van der Waals surface area contributed by atoms with Crippen LogP contribution >= 0.6 is 0 Å². The average Bonchev–Trinajstić information content (AvgIpc) is 3.20. The molecule has 1 aromatic heterocycles. The molecule has 4 atom stereocenters. The third-order valence-corrected chi connectivity index (χ3v) is 6.47. The zero-order valence-electron chi connectivity index (χ0n) is 17.0. The molecule has 1 aliphatic rings. The van der Waals surface area contributed by atoms with Gasteiger partial charge in [-0.2, -0.15) is 0 Å². The Bertz CT molecular complexity index is 1100. The van der Waals surface area contributed by atoms with Gasteiger partial charge in [0.15, 0.2) is 23.3 Å². The van der Waals surface area contributed by atoms with Crippen molar-refractivity contribution in [2.45, 2.75) is 43.6 Å². The lowest BCUT2D eigenvalue weighted by molar-refractivity contribution is -0.163. The molecule has 13 heteroatoms. The lowest BCUT2D eigenvalue weighted by atomic mass is 9.89. The molecule has 2 heterocycles. The first kappa shape index (κ1) is 23.2. The second kappa shape index (κ2) is 8.59. The van der Waals surface area contributed by atoms with Gasteiger partial charge in [0.05, 0.1) is 6.54 Å². The number of hydrogen-bond acceptors (Lipinski definition) is 9. The van der Waals surface area contributed by atoms with Gasteiger partial charge in [-0.15, -0.1) is 0 Å². The van der Waals surface area contributed by atoms with Crippen LogP contribution in [0.2, 0.25) is 0 Å². The van der Waals surface area contributed by atoms with Crippen LogP contribution in [0.4, 0.5) is 0 Å². The minimum Gasteiger partial charge on any atom is -0.772 e. The van der Waals surface area contributed by atoms with Crippen molar-refractivity contribution in [3.63, 3.8) is 0 Å². The van der Waals surface area contributed by atoms with Crippen LogP contribution in [0.25, 0.3) is 0 Å². The number of phenols is 2. The first-order valence-corrected chi connectivity index (χ1v) is 10.4. The van der Waals surface area contributed by atoms with Gasteiger partial charge in [0.1, 0.15) is 10.4 Å². The Morgan fingerprint density at radius 1 is 1.38 bits per heavy atom. The number of phenolic OH excluding ortho intramolecular Hbond substituents is 2. The maximum absolute atomic E-state index is 12.2. The summed E-state index contributed by atoms with van der Waals surface area (Å²) in [5, 5.41) is 34.7. The maximum Gasteiger partial charge on any atom is 0.328 e. The van der Waals surface area contributed by atoms with E-state index in [4.69, 9.17) is 4.52 Å². The second-order valence-corrected chi connectivity index (χ2v) is 8.82. The summed E-state index contributed by atoms with van der Waals surface area (Å²) in [6.45, 7) is 2.51. The summed E-state index contributed by atoms with van der Waals surface area (Å²) in [5.41, 5.74) is -0.196. The quantitative estimate of drug-likeness (QED) is 0.237. The number of amides is 2. The maximum atomic E-state index is 12.2. The molecule has 2 aromatic rings. The summed E-state index contributed by atoms with van der Waals surface area (Å²) in [5.74, 6) is -3.48. The van der Waals surface area contributed by atoms with Crippen LogP contribution in [0.3, 0.4) is 0 Å². The molecule has 1 fully saturated rings. The number of benzene rings is 1. The van der Waals surface area contributed by atoms with Gasteiger partial charge < -0.3 is 34.6 Å². The predicted octanol–water partition coefficient (Wildman–Crippen LogP) is 0.184. The molecule has 0 bridgehead atoms. The smallest absolute Gasteiger partial charge is 0.328 e. The Hall–Kier alpha value is -3.45. The number of hydrogen-bond donors (Lipinski definition) is 4. The fourth-order valence-corrected chi connectivity index (χ4v) is 4.15. The SMILES string of the molecule is C[C@@H]1CC(=O)N1[C@@H](C(=O)O)[C@](C)(c1cc(CNC(=O)c2ccc(O)c(O)c2)on1)S(=O)[O-]. The fraction of sp³-hybridized carbons (Fsp3) is 0.368. The summed E-state index contributed by atoms with van der Waals surface area (Å²) < 4.78 is 27.3. The standard InChI is InChI=1S/C19H21N3O9S/c1-9-5-15(25)22(9)16(18(27)28)19(2,32(29)30)14-7-11(31-21-14)8-20-17(26)10-3-4-12(23)13(24)6-10/h3-4,6-7,9,16,23-24H,5,8H2,1-2H3,(H,20,26)(H,27,28)(H,29,30)/p-1/t9-,16+,19+/m1/s1. The van der Waals surface area contributed by atoms with Gasteiger partial charge in [0.25, 0.3) is 5.91 Å². The number of aromatic nitrogens is 1. The molecule has 1 aliphatic heterocycles. The molecule has 4 N–H and O–H groups in total. The van der Waals surface area contributed by atoms with E-state index in [-0.39, 0.29) is 30.0 Å². The molecule has 172 valence electrons. The van der Waals surface area contributed by atoms with Crippen LogP contribution in [0, 0.1) is 0 Å². The molecule has 1 unspecified atom stereocenters. The highest BCUT2D eigenvalue weighted by molar-refractivity contribution is 7.80. The molecule has 3 rings (SSSR count). The van der Waals surface area contributed by atoms with Gasteiger partial charge in [-0.3, -0.25) is 13.8 Å². The molecule has 32 heavy (non-hydrogen) atoms. The number of aliphatic carboxylic acids is 1. The van der Waals surface area contributed by atoms with Crippen molar-refractivity contribution in [2.24, 2.45) is 0 Å². The third-order valence-electron chi connectivity index (χ3n) is 5.34. The van der Waals surface area contributed by atoms with E-state index in [1.807, 2.05) is 0 Å². The largest absolute Gasteiger partial charge is 0.772 e. The van der Waals surface area contributed by atoms with Crippen molar-refractivity contribution in [3.8, 4) is 11.5 Å². The highest BCUT2D eigenvalue weighted by Crippen LogP contribution is 2.38. The van der Waals surface area contributed by atoms with Crippen LogP contribution in [-0.2, 0) is 32.0 Å². The monoisotopic (exact) mass is 466 g/mol. The molecular weight excluding hydrogens is 446 g/mol. The number of nitrogens with one attached hydrogen (secondary N) is 1. The van der Waals surface area contributed by atoms with Crippen molar-refractivity contribution in [2.75, 3.05) is 0 Å². The molecule has 0 radical (unpaired) electrons. The molecule has 12 nitrogen and oxygen atoms in total. The van der Waals surface area contributed by atoms with Crippen LogP contribution in [0.1, 0.15) is 42.1 Å². The fourth-order valence-electron chi connectivity index (χ4n) is 3.49. The van der Waals surface area contributed by atoms with E-state index in [2.05, 4.69) is 10.5 Å². The van der Waals surface area contributed by atoms with E-state index in [1.54, 1.807) is 6.92 Å². The van der Waals surface area contributed by atoms with Gasteiger partial charge in [0, 0.05) is 24.1 Å². The van der Waals surface area contributed by atoms with Gasteiger partial charge in [-0.05, 0) is 43.1 Å². The highest BCUT2D eigenvalue weighted by Gasteiger charge is 2.53. The number of likely N-dealkylation sites (tertiary alicyclic amines) is 1. The summed E-state index contributed by atoms with van der Waals surface area (Å²) >= 11 is -3.01. The Morgan fingerprint density at radius 3 is 2.59 bits per heavy atom. The molecule has 0 aliphatic carbocycles. The van der Waals surface area contributed by atoms with Crippen molar-refractivity contribution in [1.29, 1.82) is 0 Å². The summed E-state index contributed by atoms with van der Waals surface area (Å²) in [6.07, 6.45) is 0.105. The second-order valence-electron chi connectivity index (χ2n) is 7.50. The van der Waals surface area contributed by atoms with E-state index in [9.17, 15) is 38.5 Å². The Kier molecular flexibility index (Phi) is 6.23. The zero-order valence-corrected chi connectivity index (χ0v) is 17.8. The third kappa shape index (κ3) is 4.03. The number of carbonyl (C=O) groups excluding carboxylic acids is 2. The van der Waals surface area contributed by atoms with E-state index >= 15 is 0 Å². The minimum atomic E-state index is -3.01. The number of rotatable bonds is 8. The number of nitrogens with zero attached hydrogens (tertiary/aromatic N) is 2. The van der Waals surface area contributed by atoms with E-state index < -0.39 is 57.2 Å². The van der Waals surface area contributed by atoms with E-state index in [0.29, 0.717) is 0 Å². The number of carboxylic acid groups (broad SMARTS) is 1. The topological polar surface area (TPSA) is 193 Å². The number of β-lactam (4-membered cyclic amide) rings is 1. The van der Waals surface area contributed by atoms with Gasteiger partial charge in [-0.1, -0.05) is 5.16 Å². The number of carbonyl (C=O) groups is 3. The minimum absolute atomic E-state index is 0.0279.